The summed E-state index contributed by atoms with van der Waals surface area (Å²) in [6, 6.07) is -1.24. The van der Waals surface area contributed by atoms with Gasteiger partial charge in [0.15, 0.2) is 0 Å². The van der Waals surface area contributed by atoms with E-state index in [9.17, 15) is 48.3 Å². The van der Waals surface area contributed by atoms with Crippen LogP contribution in [-0.4, -0.2) is 101 Å². The van der Waals surface area contributed by atoms with Crippen LogP contribution in [0.2, 0.25) is 65.0 Å². The van der Waals surface area contributed by atoms with E-state index in [0.717, 1.165) is 6.55 Å². The molecule has 2 aliphatic heterocycles. The largest absolute Gasteiger partial charge is 0.460 e. The zero-order chi connectivity index (χ0) is 38.9. The third kappa shape index (κ3) is 11.4. The van der Waals surface area contributed by atoms with E-state index >= 15 is 0 Å². The van der Waals surface area contributed by atoms with E-state index < -0.39 is 113 Å². The molecule has 2 aliphatic rings. The van der Waals surface area contributed by atoms with E-state index in [1.54, 1.807) is 0 Å². The molecule has 0 aromatic rings. The smallest absolute Gasteiger partial charge is 0.420 e. The molecule has 2 saturated heterocycles. The quantitative estimate of drug-likeness (QED) is 0.176. The standard InChI is InChI=1S/C17H25F11O4Si4.C5H18O4Si4/c1-8-33(4)29-34(5,9-2)31-36(7,32-35(6,10-3)30-33)12-11-13(18,19)14(20,21)15(22,23)16(24,25)17(26,27)28;1-10-6-11(2)8-13(4,5)9-12(3)7-10/h8-10H,1-3,11-12H2,4-7H3;10-12H,1-5H3. The van der Waals surface area contributed by atoms with Crippen molar-refractivity contribution in [2.45, 2.75) is 101 Å². The third-order valence-electron chi connectivity index (χ3n) is 6.92. The maximum atomic E-state index is 14.3. The monoisotopic (exact) mass is 868 g/mol. The Balaban J connectivity index is 0.000000767. The highest BCUT2D eigenvalue weighted by Crippen LogP contribution is 2.58. The minimum Gasteiger partial charge on any atom is -0.420 e. The second kappa shape index (κ2) is 15.7. The average molecular weight is 869 g/mol. The Labute approximate surface area is 289 Å². The Morgan fingerprint density at radius 3 is 1.20 bits per heavy atom. The fraction of sp³-hybridized carbons (Fsp3) is 0.727. The van der Waals surface area contributed by atoms with Gasteiger partial charge in [-0.2, -0.15) is 48.3 Å². The Morgan fingerprint density at radius 2 is 0.878 bits per heavy atom. The Morgan fingerprint density at radius 1 is 0.531 bits per heavy atom. The van der Waals surface area contributed by atoms with E-state index in [4.69, 9.17) is 32.9 Å². The maximum absolute atomic E-state index is 14.3. The lowest BCUT2D eigenvalue weighted by molar-refractivity contribution is -0.422. The average Bonchev–Trinajstić information content (AvgIpc) is 2.89. The van der Waals surface area contributed by atoms with Crippen molar-refractivity contribution >= 4 is 70.7 Å². The lowest BCUT2D eigenvalue weighted by Crippen LogP contribution is -2.68. The summed E-state index contributed by atoms with van der Waals surface area (Å²) in [5.74, 6) is -28.1. The first-order valence-electron chi connectivity index (χ1n) is 14.6. The normalized spacial score (nSPS) is 35.4. The first-order chi connectivity index (χ1) is 21.6. The molecule has 27 heteroatoms. The van der Waals surface area contributed by atoms with Crippen LogP contribution in [0, 0.1) is 0 Å². The van der Waals surface area contributed by atoms with Crippen molar-refractivity contribution in [1.29, 1.82) is 0 Å². The summed E-state index contributed by atoms with van der Waals surface area (Å²) in [5, 5.41) is 0. The highest BCUT2D eigenvalue weighted by atomic mass is 28.5. The predicted molar refractivity (Wildman–Crippen MR) is 178 cm³/mol. The first-order valence-corrected chi connectivity index (χ1v) is 33.4. The Kier molecular flexibility index (Phi) is 15.0. The summed E-state index contributed by atoms with van der Waals surface area (Å²) in [7, 11) is -21.0. The molecule has 0 saturated carbocycles. The van der Waals surface area contributed by atoms with Gasteiger partial charge in [-0.1, -0.05) is 17.1 Å². The summed E-state index contributed by atoms with van der Waals surface area (Å²) in [6.07, 6.45) is -9.51. The van der Waals surface area contributed by atoms with Crippen molar-refractivity contribution in [2.24, 2.45) is 0 Å². The molecule has 0 aliphatic carbocycles. The minimum absolute atomic E-state index is 1.08. The zero-order valence-electron chi connectivity index (χ0n) is 28.4. The molecular formula is C22H43F11O8Si8. The summed E-state index contributed by atoms with van der Waals surface area (Å²) in [4.78, 5) is 0. The van der Waals surface area contributed by atoms with Gasteiger partial charge < -0.3 is 32.9 Å². The third-order valence-corrected chi connectivity index (χ3v) is 36.8. The van der Waals surface area contributed by atoms with Crippen LogP contribution in [0.5, 0.6) is 0 Å². The van der Waals surface area contributed by atoms with E-state index in [-0.39, 0.29) is 0 Å². The Hall–Kier alpha value is -0.135. The molecule has 0 aromatic heterocycles. The molecule has 2 heterocycles. The maximum Gasteiger partial charge on any atom is 0.460 e. The van der Waals surface area contributed by atoms with Gasteiger partial charge in [-0.05, 0) is 65.0 Å². The molecular weight excluding hydrogens is 826 g/mol. The number of hydrogen-bond donors (Lipinski definition) is 0. The summed E-state index contributed by atoms with van der Waals surface area (Å²) >= 11 is 0. The van der Waals surface area contributed by atoms with E-state index in [0.29, 0.717) is 0 Å². The molecule has 0 aromatic carbocycles. The fourth-order valence-electron chi connectivity index (χ4n) is 4.70. The van der Waals surface area contributed by atoms with E-state index in [1.165, 1.54) is 36.7 Å². The zero-order valence-corrected chi connectivity index (χ0v) is 36.9. The molecule has 49 heavy (non-hydrogen) atoms. The van der Waals surface area contributed by atoms with Gasteiger partial charge in [0.25, 0.3) is 27.9 Å². The Bertz CT molecular complexity index is 1150. The van der Waals surface area contributed by atoms with Crippen LogP contribution in [0.4, 0.5) is 48.3 Å². The highest BCUT2D eigenvalue weighted by molar-refractivity contribution is 6.97. The summed E-state index contributed by atoms with van der Waals surface area (Å²) in [5.41, 5.74) is 3.72. The van der Waals surface area contributed by atoms with E-state index in [2.05, 4.69) is 32.8 Å². The van der Waals surface area contributed by atoms with Crippen LogP contribution < -0.4 is 0 Å². The lowest BCUT2D eigenvalue weighted by Gasteiger charge is -2.48. The van der Waals surface area contributed by atoms with Crippen molar-refractivity contribution in [3.05, 3.63) is 36.8 Å². The van der Waals surface area contributed by atoms with Gasteiger partial charge in [-0.15, -0.1) is 19.7 Å². The van der Waals surface area contributed by atoms with Crippen LogP contribution in [0.25, 0.3) is 0 Å². The fourth-order valence-corrected chi connectivity index (χ4v) is 37.5. The topological polar surface area (TPSA) is 73.8 Å². The molecule has 4 atom stereocenters. The number of alkyl halides is 11. The van der Waals surface area contributed by atoms with Gasteiger partial charge in [0, 0.05) is 6.42 Å². The second-order valence-electron chi connectivity index (χ2n) is 12.2. The van der Waals surface area contributed by atoms with Gasteiger partial charge >= 0.3 is 72.7 Å². The van der Waals surface area contributed by atoms with E-state index in [1.807, 2.05) is 19.6 Å². The second-order valence-corrected chi connectivity index (χ2v) is 35.9. The minimum atomic E-state index is -7.48. The van der Waals surface area contributed by atoms with Crippen molar-refractivity contribution in [1.82, 2.24) is 0 Å². The van der Waals surface area contributed by atoms with Crippen LogP contribution in [0.3, 0.4) is 0 Å². The van der Waals surface area contributed by atoms with Crippen molar-refractivity contribution in [3.63, 3.8) is 0 Å². The van der Waals surface area contributed by atoms with Crippen molar-refractivity contribution in [2.75, 3.05) is 0 Å². The highest BCUT2D eigenvalue weighted by Gasteiger charge is 2.87. The van der Waals surface area contributed by atoms with Crippen LogP contribution >= 0.6 is 0 Å². The molecule has 2 rings (SSSR count). The molecule has 0 N–H and O–H groups in total. The first kappa shape index (κ1) is 46.9. The van der Waals surface area contributed by atoms with Gasteiger partial charge in [-0.3, -0.25) is 0 Å². The SMILES string of the molecule is C=C[Si]1(C)O[Si](C)(C=C)O[Si](C)(CCC(F)(F)C(F)(F)C(F)(F)C(F)(F)C(F)(F)F)O[Si](C)(C=C)O1.C[SiH]1O[SiH](C)O[Si](C)(C)O[SiH](C)O1. The molecule has 4 unspecified atom stereocenters. The predicted octanol–water partition coefficient (Wildman–Crippen LogP) is 7.34. The summed E-state index contributed by atoms with van der Waals surface area (Å²) in [6.45, 7) is 26.3. The lowest BCUT2D eigenvalue weighted by atomic mass is 9.96. The van der Waals surface area contributed by atoms with Crippen LogP contribution in [0.15, 0.2) is 36.8 Å². The molecule has 0 radical (unpaired) electrons. The van der Waals surface area contributed by atoms with Gasteiger partial charge in [0.2, 0.25) is 0 Å². The number of rotatable bonds is 9. The molecule has 2 fully saturated rings. The number of halogens is 11. The van der Waals surface area contributed by atoms with Gasteiger partial charge in [-0.25, -0.2) is 0 Å². The summed E-state index contributed by atoms with van der Waals surface area (Å²) < 4.78 is 194. The van der Waals surface area contributed by atoms with Gasteiger partial charge in [0.1, 0.15) is 0 Å². The molecule has 288 valence electrons. The molecule has 0 bridgehead atoms. The van der Waals surface area contributed by atoms with Crippen LogP contribution in [0.1, 0.15) is 6.42 Å². The van der Waals surface area contributed by atoms with Crippen molar-refractivity contribution in [3.8, 4) is 0 Å². The number of hydrogen-bond acceptors (Lipinski definition) is 8. The molecule has 8 nitrogen and oxygen atoms in total. The molecule has 0 amide bonds. The van der Waals surface area contributed by atoms with Crippen LogP contribution in [-0.2, 0) is 32.9 Å². The van der Waals surface area contributed by atoms with Gasteiger partial charge in [0.05, 0.1) is 0 Å². The molecule has 0 spiro atoms. The van der Waals surface area contributed by atoms with Crippen molar-refractivity contribution < 1.29 is 81.2 Å².